The molecule has 1 heterocycles. The predicted molar refractivity (Wildman–Crippen MR) is 100 cm³/mol. The summed E-state index contributed by atoms with van der Waals surface area (Å²) in [5.41, 5.74) is 0.797. The Bertz CT molecular complexity index is 857. The zero-order chi connectivity index (χ0) is 20.5. The molecule has 0 aliphatic heterocycles. The van der Waals surface area contributed by atoms with E-state index in [-0.39, 0.29) is 5.82 Å². The number of ether oxygens (including phenoxy) is 2. The van der Waals surface area contributed by atoms with Gasteiger partial charge in [-0.25, -0.2) is 4.79 Å². The topological polar surface area (TPSA) is 120 Å². The van der Waals surface area contributed by atoms with Crippen LogP contribution in [0.1, 0.15) is 18.2 Å². The van der Waals surface area contributed by atoms with Crippen LogP contribution in [0.25, 0.3) is 6.08 Å². The Morgan fingerprint density at radius 1 is 1.25 bits per heavy atom. The summed E-state index contributed by atoms with van der Waals surface area (Å²) in [4.78, 5) is 35.5. The highest BCUT2D eigenvalue weighted by atomic mass is 16.5. The smallest absolute Gasteiger partial charge is 0.328 e. The monoisotopic (exact) mass is 387 g/mol. The summed E-state index contributed by atoms with van der Waals surface area (Å²) in [5.74, 6) is -0.310. The first kappa shape index (κ1) is 20.7. The van der Waals surface area contributed by atoms with Gasteiger partial charge in [-0.3, -0.25) is 9.59 Å². The normalized spacial score (nSPS) is 11.7. The molecule has 0 saturated carbocycles. The molecule has 0 bridgehead atoms. The molecular formula is C19H21N3O6. The molecule has 9 nitrogen and oxygen atoms in total. The molecule has 28 heavy (non-hydrogen) atoms. The lowest BCUT2D eigenvalue weighted by Crippen LogP contribution is -2.39. The summed E-state index contributed by atoms with van der Waals surface area (Å²) in [6.07, 6.45) is 2.89. The van der Waals surface area contributed by atoms with Gasteiger partial charge in [-0.15, -0.1) is 0 Å². The number of hydrogen-bond donors (Lipinski definition) is 2. The van der Waals surface area contributed by atoms with Crippen LogP contribution in [0.15, 0.2) is 40.9 Å². The van der Waals surface area contributed by atoms with Gasteiger partial charge in [-0.05, 0) is 37.6 Å². The van der Waals surface area contributed by atoms with Crippen molar-refractivity contribution in [3.63, 3.8) is 0 Å². The summed E-state index contributed by atoms with van der Waals surface area (Å²) >= 11 is 0. The summed E-state index contributed by atoms with van der Waals surface area (Å²) in [5, 5.41) is 8.47. The van der Waals surface area contributed by atoms with Gasteiger partial charge < -0.3 is 24.6 Å². The second kappa shape index (κ2) is 9.91. The Morgan fingerprint density at radius 3 is 2.57 bits per heavy atom. The molecule has 0 aliphatic rings. The van der Waals surface area contributed by atoms with Crippen LogP contribution in [-0.2, 0) is 19.1 Å². The van der Waals surface area contributed by atoms with E-state index in [1.165, 1.54) is 19.1 Å². The molecule has 0 radical (unpaired) electrons. The first-order valence-electron chi connectivity index (χ1n) is 8.40. The van der Waals surface area contributed by atoms with Crippen molar-refractivity contribution in [2.45, 2.75) is 19.9 Å². The van der Waals surface area contributed by atoms with Gasteiger partial charge in [0.15, 0.2) is 12.4 Å². The van der Waals surface area contributed by atoms with Crippen molar-refractivity contribution < 1.29 is 28.4 Å². The SMILES string of the molecule is COc1ccc(/C=C/C(=O)N[C@@H](C)C(=O)OCC(=O)Nc2cc(C)on2)cc1. The van der Waals surface area contributed by atoms with Gasteiger partial charge in [0.25, 0.3) is 5.91 Å². The standard InChI is InChI=1S/C19H21N3O6/c1-12-10-16(22-28-12)21-18(24)11-27-19(25)13(2)20-17(23)9-6-14-4-7-15(26-3)8-5-14/h4-10,13H,11H2,1-3H3,(H,20,23)(H,21,22,24)/b9-6+/t13-/m0/s1. The number of methoxy groups -OCH3 is 1. The number of carbonyl (C=O) groups excluding carboxylic acids is 3. The van der Waals surface area contributed by atoms with Gasteiger partial charge in [0, 0.05) is 12.1 Å². The highest BCUT2D eigenvalue weighted by molar-refractivity contribution is 5.95. The second-order valence-corrected chi connectivity index (χ2v) is 5.82. The lowest BCUT2D eigenvalue weighted by atomic mass is 10.2. The molecule has 2 N–H and O–H groups in total. The minimum absolute atomic E-state index is 0.226. The number of hydrogen-bond acceptors (Lipinski definition) is 7. The molecule has 0 spiro atoms. The van der Waals surface area contributed by atoms with E-state index in [4.69, 9.17) is 14.0 Å². The Labute approximate surface area is 161 Å². The first-order valence-corrected chi connectivity index (χ1v) is 8.40. The number of benzene rings is 1. The molecule has 1 atom stereocenters. The van der Waals surface area contributed by atoms with Crippen LogP contribution >= 0.6 is 0 Å². The van der Waals surface area contributed by atoms with Gasteiger partial charge >= 0.3 is 5.97 Å². The Morgan fingerprint density at radius 2 is 1.96 bits per heavy atom. The maximum atomic E-state index is 11.9. The van der Waals surface area contributed by atoms with Gasteiger partial charge in [0.2, 0.25) is 5.91 Å². The molecule has 0 fully saturated rings. The van der Waals surface area contributed by atoms with Crippen LogP contribution < -0.4 is 15.4 Å². The molecule has 2 amide bonds. The lowest BCUT2D eigenvalue weighted by molar-refractivity contribution is -0.149. The maximum absolute atomic E-state index is 11.9. The van der Waals surface area contributed by atoms with E-state index in [2.05, 4.69) is 15.8 Å². The molecule has 0 saturated heterocycles. The molecule has 0 unspecified atom stereocenters. The van der Waals surface area contributed by atoms with E-state index >= 15 is 0 Å². The Hall–Kier alpha value is -3.62. The third kappa shape index (κ3) is 6.60. The minimum Gasteiger partial charge on any atom is -0.497 e. The molecule has 0 aliphatic carbocycles. The summed E-state index contributed by atoms with van der Waals surface area (Å²) in [6, 6.07) is 7.71. The van der Waals surface area contributed by atoms with Crippen molar-refractivity contribution in [2.24, 2.45) is 0 Å². The first-order chi connectivity index (χ1) is 13.4. The number of nitrogens with zero attached hydrogens (tertiary/aromatic N) is 1. The fourth-order valence-corrected chi connectivity index (χ4v) is 2.07. The van der Waals surface area contributed by atoms with Gasteiger partial charge in [-0.1, -0.05) is 17.3 Å². The van der Waals surface area contributed by atoms with Crippen LogP contribution in [0, 0.1) is 6.92 Å². The van der Waals surface area contributed by atoms with Crippen molar-refractivity contribution in [3.8, 4) is 5.75 Å². The maximum Gasteiger partial charge on any atom is 0.328 e. The molecule has 2 rings (SSSR count). The Balaban J connectivity index is 1.74. The van der Waals surface area contributed by atoms with Crippen LogP contribution in [0.3, 0.4) is 0 Å². The number of esters is 1. The van der Waals surface area contributed by atoms with Crippen molar-refractivity contribution in [2.75, 3.05) is 19.0 Å². The highest BCUT2D eigenvalue weighted by Crippen LogP contribution is 2.12. The summed E-state index contributed by atoms with van der Waals surface area (Å²) < 4.78 is 14.7. The van der Waals surface area contributed by atoms with E-state index in [9.17, 15) is 14.4 Å². The summed E-state index contributed by atoms with van der Waals surface area (Å²) in [7, 11) is 1.57. The predicted octanol–water partition coefficient (Wildman–Crippen LogP) is 1.69. The lowest BCUT2D eigenvalue weighted by Gasteiger charge is -2.11. The number of nitrogens with one attached hydrogen (secondary N) is 2. The minimum atomic E-state index is -0.921. The molecule has 9 heteroatoms. The third-order valence-electron chi connectivity index (χ3n) is 3.50. The second-order valence-electron chi connectivity index (χ2n) is 5.82. The van der Waals surface area contributed by atoms with Crippen molar-refractivity contribution >= 4 is 29.7 Å². The van der Waals surface area contributed by atoms with Crippen LogP contribution in [0.2, 0.25) is 0 Å². The van der Waals surface area contributed by atoms with E-state index in [0.717, 1.165) is 5.56 Å². The zero-order valence-electron chi connectivity index (χ0n) is 15.7. The largest absolute Gasteiger partial charge is 0.497 e. The fourth-order valence-electron chi connectivity index (χ4n) is 2.07. The number of carbonyl (C=O) groups is 3. The van der Waals surface area contributed by atoms with E-state index in [1.807, 2.05) is 0 Å². The quantitative estimate of drug-likeness (QED) is 0.522. The number of anilines is 1. The van der Waals surface area contributed by atoms with Crippen LogP contribution in [0.5, 0.6) is 5.75 Å². The van der Waals surface area contributed by atoms with Gasteiger partial charge in [0.1, 0.15) is 17.6 Å². The molecule has 2 aromatic rings. The summed E-state index contributed by atoms with van der Waals surface area (Å²) in [6.45, 7) is 2.63. The highest BCUT2D eigenvalue weighted by Gasteiger charge is 2.17. The zero-order valence-corrected chi connectivity index (χ0v) is 15.7. The molecule has 1 aromatic heterocycles. The van der Waals surface area contributed by atoms with E-state index < -0.39 is 30.4 Å². The number of aryl methyl sites for hydroxylation is 1. The van der Waals surface area contributed by atoms with Crippen molar-refractivity contribution in [1.29, 1.82) is 0 Å². The van der Waals surface area contributed by atoms with Gasteiger partial charge in [0.05, 0.1) is 7.11 Å². The average Bonchev–Trinajstić information content (AvgIpc) is 3.09. The van der Waals surface area contributed by atoms with Gasteiger partial charge in [-0.2, -0.15) is 0 Å². The van der Waals surface area contributed by atoms with Crippen molar-refractivity contribution in [1.82, 2.24) is 10.5 Å². The van der Waals surface area contributed by atoms with E-state index in [0.29, 0.717) is 11.5 Å². The number of aromatic nitrogens is 1. The van der Waals surface area contributed by atoms with Crippen LogP contribution in [0.4, 0.5) is 5.82 Å². The number of amides is 2. The third-order valence-corrected chi connectivity index (χ3v) is 3.50. The van der Waals surface area contributed by atoms with Crippen LogP contribution in [-0.4, -0.2) is 42.7 Å². The van der Waals surface area contributed by atoms with E-state index in [1.54, 1.807) is 44.4 Å². The fraction of sp³-hybridized carbons (Fsp3) is 0.263. The molecule has 148 valence electrons. The Kier molecular flexibility index (Phi) is 7.32. The number of rotatable bonds is 8. The average molecular weight is 387 g/mol. The molecule has 1 aromatic carbocycles. The van der Waals surface area contributed by atoms with Crippen molar-refractivity contribution in [3.05, 3.63) is 47.7 Å². The molecular weight excluding hydrogens is 366 g/mol.